The Morgan fingerprint density at radius 3 is 2.74 bits per heavy atom. The molecule has 1 aromatic carbocycles. The van der Waals surface area contributed by atoms with Crippen molar-refractivity contribution in [2.75, 3.05) is 0 Å². The number of hydrogen-bond donors (Lipinski definition) is 2. The fourth-order valence-corrected chi connectivity index (χ4v) is 1.41. The molecule has 0 saturated heterocycles. The maximum Gasteiger partial charge on any atom is 0.328 e. The minimum absolute atomic E-state index is 0.199. The molecule has 1 aromatic rings. The second kappa shape index (κ2) is 6.53. The second-order valence-corrected chi connectivity index (χ2v) is 3.77. The van der Waals surface area contributed by atoms with Gasteiger partial charge in [0, 0.05) is 11.6 Å². The van der Waals surface area contributed by atoms with Crippen molar-refractivity contribution in [3.05, 3.63) is 35.7 Å². The molecule has 1 atom stereocenters. The van der Waals surface area contributed by atoms with Crippen LogP contribution in [0.4, 0.5) is 4.39 Å². The first-order valence-electron chi connectivity index (χ1n) is 5.60. The predicted octanol–water partition coefficient (Wildman–Crippen LogP) is 1.57. The summed E-state index contributed by atoms with van der Waals surface area (Å²) in [6.45, 7) is 1.71. The lowest BCUT2D eigenvalue weighted by Gasteiger charge is -2.15. The molecule has 1 rings (SSSR count). The van der Waals surface area contributed by atoms with Gasteiger partial charge in [-0.3, -0.25) is 4.79 Å². The fourth-order valence-electron chi connectivity index (χ4n) is 1.41. The highest BCUT2D eigenvalue weighted by molar-refractivity contribution is 5.86. The Morgan fingerprint density at radius 2 is 2.21 bits per heavy atom. The van der Waals surface area contributed by atoms with Crippen molar-refractivity contribution < 1.29 is 23.8 Å². The highest BCUT2D eigenvalue weighted by Gasteiger charge is 2.16. The minimum atomic E-state index is -1.17. The number of benzene rings is 1. The van der Waals surface area contributed by atoms with E-state index in [0.717, 1.165) is 18.2 Å². The Hall–Kier alpha value is -2.37. The third kappa shape index (κ3) is 4.42. The summed E-state index contributed by atoms with van der Waals surface area (Å²) in [5.41, 5.74) is 5.37. The Balaban J connectivity index is 3.05. The second-order valence-electron chi connectivity index (χ2n) is 3.77. The van der Waals surface area contributed by atoms with Crippen LogP contribution < -0.4 is 10.5 Å². The van der Waals surface area contributed by atoms with Gasteiger partial charge in [-0.15, -0.1) is 0 Å². The topological polar surface area (TPSA) is 89.6 Å². The molecule has 0 spiro atoms. The van der Waals surface area contributed by atoms with Gasteiger partial charge in [0.2, 0.25) is 0 Å². The first-order valence-corrected chi connectivity index (χ1v) is 5.60. The van der Waals surface area contributed by atoms with Crippen LogP contribution >= 0.6 is 0 Å². The van der Waals surface area contributed by atoms with Crippen molar-refractivity contribution in [1.29, 1.82) is 0 Å². The van der Waals surface area contributed by atoms with Gasteiger partial charge in [0.15, 0.2) is 6.10 Å². The lowest BCUT2D eigenvalue weighted by molar-refractivity contribution is -0.131. The van der Waals surface area contributed by atoms with Crippen LogP contribution in [0.5, 0.6) is 5.75 Å². The molecule has 0 heterocycles. The molecule has 0 saturated carbocycles. The molecule has 0 aliphatic heterocycles. The van der Waals surface area contributed by atoms with E-state index in [0.29, 0.717) is 6.42 Å². The number of nitrogens with two attached hydrogens (primary N) is 1. The molecule has 19 heavy (non-hydrogen) atoms. The van der Waals surface area contributed by atoms with Crippen LogP contribution in [-0.2, 0) is 9.59 Å². The third-order valence-electron chi connectivity index (χ3n) is 2.33. The van der Waals surface area contributed by atoms with E-state index >= 15 is 0 Å². The van der Waals surface area contributed by atoms with Crippen molar-refractivity contribution in [1.82, 2.24) is 0 Å². The van der Waals surface area contributed by atoms with Gasteiger partial charge in [0.25, 0.3) is 5.91 Å². The molecule has 0 radical (unpaired) electrons. The molecule has 0 bridgehead atoms. The average molecular weight is 267 g/mol. The van der Waals surface area contributed by atoms with Crippen LogP contribution in [0.2, 0.25) is 0 Å². The highest BCUT2D eigenvalue weighted by atomic mass is 19.1. The van der Waals surface area contributed by atoms with Gasteiger partial charge >= 0.3 is 5.97 Å². The molecule has 3 N–H and O–H groups in total. The lowest BCUT2D eigenvalue weighted by atomic mass is 10.1. The summed E-state index contributed by atoms with van der Waals surface area (Å²) in [6, 6.07) is 3.59. The Morgan fingerprint density at radius 1 is 1.53 bits per heavy atom. The number of carboxylic acids is 1. The van der Waals surface area contributed by atoms with Gasteiger partial charge in [0.1, 0.15) is 11.6 Å². The van der Waals surface area contributed by atoms with Gasteiger partial charge in [0.05, 0.1) is 0 Å². The summed E-state index contributed by atoms with van der Waals surface area (Å²) >= 11 is 0. The van der Waals surface area contributed by atoms with Crippen molar-refractivity contribution in [2.24, 2.45) is 5.73 Å². The fraction of sp³-hybridized carbons (Fsp3) is 0.231. The quantitative estimate of drug-likeness (QED) is 0.765. The number of hydrogen-bond acceptors (Lipinski definition) is 3. The van der Waals surface area contributed by atoms with Crippen LogP contribution in [0.3, 0.4) is 0 Å². The summed E-state index contributed by atoms with van der Waals surface area (Å²) in [5.74, 6) is -2.15. The van der Waals surface area contributed by atoms with Crippen molar-refractivity contribution >= 4 is 18.0 Å². The minimum Gasteiger partial charge on any atom is -0.480 e. The molecule has 102 valence electrons. The van der Waals surface area contributed by atoms with Gasteiger partial charge in [-0.05, 0) is 30.7 Å². The largest absolute Gasteiger partial charge is 0.480 e. The van der Waals surface area contributed by atoms with Crippen LogP contribution in [-0.4, -0.2) is 23.1 Å². The van der Waals surface area contributed by atoms with E-state index in [-0.39, 0.29) is 11.3 Å². The summed E-state index contributed by atoms with van der Waals surface area (Å²) in [6.07, 6.45) is 1.55. The number of amides is 1. The van der Waals surface area contributed by atoms with E-state index in [1.54, 1.807) is 6.92 Å². The number of ether oxygens (including phenoxy) is 1. The van der Waals surface area contributed by atoms with Gasteiger partial charge < -0.3 is 15.6 Å². The first kappa shape index (κ1) is 14.7. The number of carboxylic acid groups (broad SMARTS) is 1. The van der Waals surface area contributed by atoms with Crippen LogP contribution in [0, 0.1) is 5.82 Å². The normalized spacial score (nSPS) is 12.3. The number of halogens is 1. The molecule has 0 fully saturated rings. The Kier molecular flexibility index (Phi) is 5.05. The van der Waals surface area contributed by atoms with Gasteiger partial charge in [-0.2, -0.15) is 0 Å². The number of carbonyl (C=O) groups excluding carboxylic acids is 1. The van der Waals surface area contributed by atoms with E-state index in [1.807, 2.05) is 0 Å². The zero-order chi connectivity index (χ0) is 14.4. The molecule has 0 aromatic heterocycles. The summed E-state index contributed by atoms with van der Waals surface area (Å²) in [7, 11) is 0. The molecule has 0 aliphatic rings. The SMILES string of the molecule is CCC(Oc1ccc(F)cc1/C=C/C(=O)O)C(N)=O. The maximum absolute atomic E-state index is 13.1. The molecular formula is C13H14FNO4. The average Bonchev–Trinajstić information content (AvgIpc) is 2.34. The molecule has 1 amide bonds. The zero-order valence-corrected chi connectivity index (χ0v) is 10.3. The van der Waals surface area contributed by atoms with Gasteiger partial charge in [-0.1, -0.05) is 6.92 Å². The van der Waals surface area contributed by atoms with E-state index in [9.17, 15) is 14.0 Å². The van der Waals surface area contributed by atoms with E-state index in [4.69, 9.17) is 15.6 Å². The van der Waals surface area contributed by atoms with Crippen molar-refractivity contribution in [3.8, 4) is 5.75 Å². The number of primary amides is 1. The Labute approximate surface area is 109 Å². The molecule has 6 heteroatoms. The summed E-state index contributed by atoms with van der Waals surface area (Å²) in [5, 5.41) is 8.56. The summed E-state index contributed by atoms with van der Waals surface area (Å²) in [4.78, 5) is 21.6. The van der Waals surface area contributed by atoms with E-state index in [2.05, 4.69) is 0 Å². The molecule has 5 nitrogen and oxygen atoms in total. The molecule has 1 unspecified atom stereocenters. The first-order chi connectivity index (χ1) is 8.93. The predicted molar refractivity (Wildman–Crippen MR) is 67.0 cm³/mol. The van der Waals surface area contributed by atoms with Crippen LogP contribution in [0.1, 0.15) is 18.9 Å². The van der Waals surface area contributed by atoms with Crippen LogP contribution in [0.15, 0.2) is 24.3 Å². The van der Waals surface area contributed by atoms with E-state index in [1.165, 1.54) is 12.1 Å². The number of carbonyl (C=O) groups is 2. The van der Waals surface area contributed by atoms with Crippen molar-refractivity contribution in [3.63, 3.8) is 0 Å². The van der Waals surface area contributed by atoms with Crippen LogP contribution in [0.25, 0.3) is 6.08 Å². The molecular weight excluding hydrogens is 253 g/mol. The van der Waals surface area contributed by atoms with E-state index < -0.39 is 23.8 Å². The lowest BCUT2D eigenvalue weighted by Crippen LogP contribution is -2.33. The summed E-state index contributed by atoms with van der Waals surface area (Å²) < 4.78 is 18.5. The highest BCUT2D eigenvalue weighted by Crippen LogP contribution is 2.23. The van der Waals surface area contributed by atoms with Crippen molar-refractivity contribution in [2.45, 2.75) is 19.4 Å². The molecule has 0 aliphatic carbocycles. The maximum atomic E-state index is 13.1. The standard InChI is InChI=1S/C13H14FNO4/c1-2-10(13(15)18)19-11-5-4-9(14)7-8(11)3-6-12(16)17/h3-7,10H,2H2,1H3,(H2,15,18)(H,16,17)/b6-3+. The smallest absolute Gasteiger partial charge is 0.328 e. The monoisotopic (exact) mass is 267 g/mol. The zero-order valence-electron chi connectivity index (χ0n) is 10.3. The number of rotatable bonds is 6. The number of aliphatic carboxylic acids is 1. The third-order valence-corrected chi connectivity index (χ3v) is 2.33. The van der Waals surface area contributed by atoms with Gasteiger partial charge in [-0.25, -0.2) is 9.18 Å². The Bertz CT molecular complexity index is 513.